The van der Waals surface area contributed by atoms with Crippen LogP contribution in [-0.2, 0) is 0 Å². The predicted molar refractivity (Wildman–Crippen MR) is 197 cm³/mol. The Hall–Kier alpha value is -6.52. The van der Waals surface area contributed by atoms with E-state index < -0.39 is 0 Å². The Bertz CT molecular complexity index is 2810. The fourth-order valence-corrected chi connectivity index (χ4v) is 7.08. The van der Waals surface area contributed by atoms with E-state index in [1.165, 1.54) is 5.39 Å². The topological polar surface area (TPSA) is 43.9 Å². The van der Waals surface area contributed by atoms with Gasteiger partial charge < -0.3 is 4.42 Å². The van der Waals surface area contributed by atoms with Gasteiger partial charge in [-0.1, -0.05) is 115 Å². The summed E-state index contributed by atoms with van der Waals surface area (Å²) in [6.45, 7) is 0. The van der Waals surface area contributed by atoms with Crippen molar-refractivity contribution in [3.8, 4) is 39.5 Å². The second-order valence-electron chi connectivity index (χ2n) is 12.2. The van der Waals surface area contributed by atoms with Crippen LogP contribution in [0.5, 0.6) is 0 Å². The third kappa shape index (κ3) is 4.16. The molecule has 0 aliphatic carbocycles. The van der Waals surface area contributed by atoms with Crippen LogP contribution < -0.4 is 0 Å². The van der Waals surface area contributed by atoms with Crippen molar-refractivity contribution in [2.75, 3.05) is 0 Å². The molecule has 0 N–H and O–H groups in total. The Morgan fingerprint density at radius 3 is 1.85 bits per heavy atom. The molecule has 0 fully saturated rings. The number of benzene rings is 7. The van der Waals surface area contributed by atoms with E-state index in [2.05, 4.69) is 144 Å². The maximum Gasteiger partial charge on any atom is 0.145 e. The van der Waals surface area contributed by atoms with E-state index in [0.29, 0.717) is 0 Å². The van der Waals surface area contributed by atoms with Crippen molar-refractivity contribution >= 4 is 54.6 Å². The lowest BCUT2D eigenvalue weighted by atomic mass is 9.96. The molecule has 48 heavy (non-hydrogen) atoms. The highest BCUT2D eigenvalue weighted by molar-refractivity contribution is 6.18. The lowest BCUT2D eigenvalue weighted by molar-refractivity contribution is 0.669. The lowest BCUT2D eigenvalue weighted by Gasteiger charge is -2.12. The highest BCUT2D eigenvalue weighted by Crippen LogP contribution is 2.39. The van der Waals surface area contributed by atoms with E-state index in [1.54, 1.807) is 0 Å². The van der Waals surface area contributed by atoms with Crippen LogP contribution in [0.15, 0.2) is 168 Å². The minimum atomic E-state index is 0.875. The van der Waals surface area contributed by atoms with Crippen molar-refractivity contribution in [2.24, 2.45) is 0 Å². The van der Waals surface area contributed by atoms with Gasteiger partial charge in [0.25, 0.3) is 0 Å². The monoisotopic (exact) mass is 613 g/mol. The molecule has 0 unspecified atom stereocenters. The van der Waals surface area contributed by atoms with Crippen molar-refractivity contribution in [1.29, 1.82) is 0 Å². The maximum absolute atomic E-state index is 6.30. The quantitative estimate of drug-likeness (QED) is 0.186. The Morgan fingerprint density at radius 2 is 1.04 bits per heavy atom. The van der Waals surface area contributed by atoms with Crippen LogP contribution in [0.1, 0.15) is 0 Å². The van der Waals surface area contributed by atoms with Gasteiger partial charge in [0.05, 0.1) is 22.2 Å². The third-order valence-electron chi connectivity index (χ3n) is 9.41. The zero-order valence-corrected chi connectivity index (χ0v) is 25.8. The molecule has 0 bridgehead atoms. The Balaban J connectivity index is 1.06. The fraction of sp³-hybridized carbons (Fsp3) is 0. The van der Waals surface area contributed by atoms with Gasteiger partial charge in [-0.2, -0.15) is 0 Å². The van der Waals surface area contributed by atoms with Crippen LogP contribution in [0.25, 0.3) is 94.1 Å². The first kappa shape index (κ1) is 26.7. The number of nitrogens with zero attached hydrogens (tertiary/aromatic N) is 3. The van der Waals surface area contributed by atoms with Crippen LogP contribution in [0.4, 0.5) is 0 Å². The average molecular weight is 614 g/mol. The van der Waals surface area contributed by atoms with E-state index in [4.69, 9.17) is 14.4 Å². The highest BCUT2D eigenvalue weighted by atomic mass is 16.3. The van der Waals surface area contributed by atoms with E-state index >= 15 is 0 Å². The van der Waals surface area contributed by atoms with Crippen LogP contribution >= 0.6 is 0 Å². The molecule has 0 atom stereocenters. The first-order chi connectivity index (χ1) is 23.8. The molecular formula is C44H27N3O. The number of furan rings is 1. The summed E-state index contributed by atoms with van der Waals surface area (Å²) in [6, 6.07) is 57.2. The molecule has 0 aliphatic heterocycles. The minimum absolute atomic E-state index is 0.875. The Morgan fingerprint density at radius 1 is 0.396 bits per heavy atom. The number of pyridine rings is 1. The van der Waals surface area contributed by atoms with E-state index in [0.717, 1.165) is 88.7 Å². The molecule has 7 aromatic carbocycles. The number of hydrogen-bond acceptors (Lipinski definition) is 3. The van der Waals surface area contributed by atoms with Crippen molar-refractivity contribution < 1.29 is 4.42 Å². The van der Waals surface area contributed by atoms with Gasteiger partial charge in [-0.25, -0.2) is 9.97 Å². The first-order valence-electron chi connectivity index (χ1n) is 16.2. The van der Waals surface area contributed by atoms with Gasteiger partial charge in [0.15, 0.2) is 0 Å². The first-order valence-corrected chi connectivity index (χ1v) is 16.2. The number of imidazole rings is 1. The molecule has 0 saturated heterocycles. The summed E-state index contributed by atoms with van der Waals surface area (Å²) in [5, 5.41) is 5.65. The second-order valence-corrected chi connectivity index (χ2v) is 12.2. The normalized spacial score (nSPS) is 11.8. The highest BCUT2D eigenvalue weighted by Gasteiger charge is 2.16. The molecule has 4 heteroatoms. The molecule has 0 radical (unpaired) electrons. The van der Waals surface area contributed by atoms with Gasteiger partial charge in [-0.3, -0.25) is 4.57 Å². The zero-order chi connectivity index (χ0) is 31.6. The summed E-state index contributed by atoms with van der Waals surface area (Å²) in [7, 11) is 0. The lowest BCUT2D eigenvalue weighted by Crippen LogP contribution is -1.97. The van der Waals surface area contributed by atoms with Crippen LogP contribution in [-0.4, -0.2) is 14.5 Å². The van der Waals surface area contributed by atoms with E-state index in [1.807, 2.05) is 24.3 Å². The van der Waals surface area contributed by atoms with E-state index in [-0.39, 0.29) is 0 Å². The van der Waals surface area contributed by atoms with Gasteiger partial charge in [-0.05, 0) is 65.0 Å². The number of hydrogen-bond donors (Lipinski definition) is 0. The Kier molecular flexibility index (Phi) is 5.84. The molecule has 0 spiro atoms. The summed E-state index contributed by atoms with van der Waals surface area (Å²) >= 11 is 0. The van der Waals surface area contributed by atoms with Gasteiger partial charge in [0.2, 0.25) is 0 Å². The van der Waals surface area contributed by atoms with Crippen LogP contribution in [0, 0.1) is 0 Å². The molecular weight excluding hydrogens is 587 g/mol. The van der Waals surface area contributed by atoms with Gasteiger partial charge in [-0.15, -0.1) is 0 Å². The summed E-state index contributed by atoms with van der Waals surface area (Å²) in [4.78, 5) is 10.2. The summed E-state index contributed by atoms with van der Waals surface area (Å²) in [5.74, 6) is 0.934. The second kappa shape index (κ2) is 10.5. The maximum atomic E-state index is 6.30. The zero-order valence-electron chi connectivity index (χ0n) is 25.8. The summed E-state index contributed by atoms with van der Waals surface area (Å²) < 4.78 is 8.54. The van der Waals surface area contributed by atoms with Crippen molar-refractivity contribution in [2.45, 2.75) is 0 Å². The Labute approximate surface area is 276 Å². The van der Waals surface area contributed by atoms with Crippen molar-refractivity contribution in [3.05, 3.63) is 164 Å². The predicted octanol–water partition coefficient (Wildman–Crippen LogP) is 11.6. The smallest absolute Gasteiger partial charge is 0.145 e. The molecule has 3 heterocycles. The molecule has 4 nitrogen and oxygen atoms in total. The standard InChI is InChI=1S/C44H27N3O/c1-2-10-31(11-3-1)44-46-39-15-7-8-16-40(39)47(44)32-24-22-29(23-25-32)28-18-20-30(21-19-28)43-37-27-42-36(34-13-5-9-17-41(34)48-42)26-35(37)33-12-4-6-14-38(33)45-43/h1-27H. The largest absolute Gasteiger partial charge is 0.456 e. The third-order valence-corrected chi connectivity index (χ3v) is 9.41. The number of fused-ring (bicyclic) bond motifs is 7. The summed E-state index contributed by atoms with van der Waals surface area (Å²) in [5.41, 5.74) is 11.3. The number of para-hydroxylation sites is 4. The molecule has 3 aromatic heterocycles. The van der Waals surface area contributed by atoms with E-state index in [9.17, 15) is 0 Å². The van der Waals surface area contributed by atoms with Crippen molar-refractivity contribution in [3.63, 3.8) is 0 Å². The minimum Gasteiger partial charge on any atom is -0.456 e. The van der Waals surface area contributed by atoms with Gasteiger partial charge in [0.1, 0.15) is 17.0 Å². The van der Waals surface area contributed by atoms with Gasteiger partial charge >= 0.3 is 0 Å². The van der Waals surface area contributed by atoms with Gasteiger partial charge in [0, 0.05) is 38.4 Å². The SMILES string of the molecule is c1ccc(-c2nc3ccccc3n2-c2ccc(-c3ccc(-c4nc5ccccc5c5cc6c(cc45)oc4ccccc46)cc3)cc2)cc1. The average Bonchev–Trinajstić information content (AvgIpc) is 3.73. The van der Waals surface area contributed by atoms with Crippen LogP contribution in [0.3, 0.4) is 0 Å². The molecule has 0 amide bonds. The van der Waals surface area contributed by atoms with Crippen LogP contribution in [0.2, 0.25) is 0 Å². The summed E-state index contributed by atoms with van der Waals surface area (Å²) in [6.07, 6.45) is 0. The molecule has 0 aliphatic rings. The number of rotatable bonds is 4. The fourth-order valence-electron chi connectivity index (χ4n) is 7.08. The van der Waals surface area contributed by atoms with Crippen molar-refractivity contribution in [1.82, 2.24) is 14.5 Å². The molecule has 10 aromatic rings. The molecule has 10 rings (SSSR count). The molecule has 0 saturated carbocycles. The number of aromatic nitrogens is 3. The molecule has 224 valence electrons.